The van der Waals surface area contributed by atoms with E-state index in [0.29, 0.717) is 4.99 Å². The van der Waals surface area contributed by atoms with Crippen LogP contribution in [0.4, 0.5) is 5.69 Å². The van der Waals surface area contributed by atoms with E-state index in [-0.39, 0.29) is 5.54 Å². The number of nitrogens with zero attached hydrogens (tertiary/aromatic N) is 2. The lowest BCUT2D eigenvalue weighted by Crippen LogP contribution is -2.57. The third-order valence-electron chi connectivity index (χ3n) is 3.83. The van der Waals surface area contributed by atoms with Crippen molar-refractivity contribution in [2.24, 2.45) is 5.73 Å². The maximum absolute atomic E-state index is 5.61. The molecular formula is C14H21N3S. The summed E-state index contributed by atoms with van der Waals surface area (Å²) in [5, 5.41) is 0. The average Bonchev–Trinajstić information content (AvgIpc) is 2.33. The summed E-state index contributed by atoms with van der Waals surface area (Å²) in [7, 11) is 2.19. The van der Waals surface area contributed by atoms with Gasteiger partial charge in [0.05, 0.1) is 0 Å². The molecule has 3 nitrogen and oxygen atoms in total. The Hall–Kier alpha value is -1.13. The zero-order valence-corrected chi connectivity index (χ0v) is 12.1. The Kier molecular flexibility index (Phi) is 3.59. The SMILES string of the molecule is CN1CCN(c2ccc(C(N)=S)cc2)CC1(C)C. The first-order chi connectivity index (χ1) is 8.40. The number of thiocarbonyl (C=S) groups is 1. The highest BCUT2D eigenvalue weighted by Crippen LogP contribution is 2.24. The predicted octanol–water partition coefficient (Wildman–Crippen LogP) is 1.85. The van der Waals surface area contributed by atoms with Gasteiger partial charge < -0.3 is 10.6 Å². The van der Waals surface area contributed by atoms with Gasteiger partial charge in [0, 0.05) is 36.4 Å². The lowest BCUT2D eigenvalue weighted by atomic mass is 9.99. The van der Waals surface area contributed by atoms with E-state index >= 15 is 0 Å². The highest BCUT2D eigenvalue weighted by atomic mass is 32.1. The molecule has 0 radical (unpaired) electrons. The molecule has 98 valence electrons. The summed E-state index contributed by atoms with van der Waals surface area (Å²) >= 11 is 4.97. The molecule has 2 rings (SSSR count). The highest BCUT2D eigenvalue weighted by molar-refractivity contribution is 7.80. The Morgan fingerprint density at radius 3 is 2.33 bits per heavy atom. The number of hydrogen-bond acceptors (Lipinski definition) is 3. The van der Waals surface area contributed by atoms with E-state index in [1.165, 1.54) is 5.69 Å². The van der Waals surface area contributed by atoms with Crippen LogP contribution < -0.4 is 10.6 Å². The second kappa shape index (κ2) is 4.86. The second-order valence-electron chi connectivity index (χ2n) is 5.57. The lowest BCUT2D eigenvalue weighted by Gasteiger charge is -2.46. The standard InChI is InChI=1S/C14H21N3S/c1-14(2)10-17(9-8-16(14)3)12-6-4-11(5-7-12)13(15)18/h4-7H,8-10H2,1-3H3,(H2,15,18). The molecule has 0 saturated carbocycles. The van der Waals surface area contributed by atoms with Gasteiger partial charge in [0.1, 0.15) is 4.99 Å². The molecule has 0 unspecified atom stereocenters. The minimum absolute atomic E-state index is 0.208. The van der Waals surface area contributed by atoms with Crippen LogP contribution in [0.15, 0.2) is 24.3 Å². The van der Waals surface area contributed by atoms with Crippen LogP contribution >= 0.6 is 12.2 Å². The van der Waals surface area contributed by atoms with E-state index in [9.17, 15) is 0 Å². The number of piperazine rings is 1. The summed E-state index contributed by atoms with van der Waals surface area (Å²) in [6.45, 7) is 7.75. The first kappa shape index (κ1) is 13.3. The van der Waals surface area contributed by atoms with E-state index in [0.717, 1.165) is 25.2 Å². The van der Waals surface area contributed by atoms with Crippen LogP contribution in [0.3, 0.4) is 0 Å². The number of likely N-dealkylation sites (N-methyl/N-ethyl adjacent to an activating group) is 1. The maximum Gasteiger partial charge on any atom is 0.103 e. The number of nitrogens with two attached hydrogens (primary N) is 1. The maximum atomic E-state index is 5.61. The molecule has 18 heavy (non-hydrogen) atoms. The first-order valence-corrected chi connectivity index (χ1v) is 6.67. The minimum Gasteiger partial charge on any atom is -0.389 e. The largest absolute Gasteiger partial charge is 0.389 e. The minimum atomic E-state index is 0.208. The molecule has 0 spiro atoms. The molecule has 1 aliphatic heterocycles. The molecule has 1 aromatic carbocycles. The molecule has 1 aliphatic rings. The van der Waals surface area contributed by atoms with Crippen molar-refractivity contribution in [3.05, 3.63) is 29.8 Å². The number of hydrogen-bond donors (Lipinski definition) is 1. The van der Waals surface area contributed by atoms with Crippen molar-refractivity contribution in [2.45, 2.75) is 19.4 Å². The molecular weight excluding hydrogens is 242 g/mol. The topological polar surface area (TPSA) is 32.5 Å². The average molecular weight is 263 g/mol. The van der Waals surface area contributed by atoms with E-state index in [1.807, 2.05) is 12.1 Å². The number of anilines is 1. The molecule has 1 heterocycles. The summed E-state index contributed by atoms with van der Waals surface area (Å²) in [6, 6.07) is 8.22. The van der Waals surface area contributed by atoms with Gasteiger partial charge in [-0.2, -0.15) is 0 Å². The van der Waals surface area contributed by atoms with E-state index in [4.69, 9.17) is 18.0 Å². The van der Waals surface area contributed by atoms with Gasteiger partial charge in [0.15, 0.2) is 0 Å². The summed E-state index contributed by atoms with van der Waals surface area (Å²) in [6.07, 6.45) is 0. The van der Waals surface area contributed by atoms with E-state index in [1.54, 1.807) is 0 Å². The Labute approximate surface area is 115 Å². The van der Waals surface area contributed by atoms with Crippen LogP contribution in [0.25, 0.3) is 0 Å². The molecule has 0 atom stereocenters. The van der Waals surface area contributed by atoms with Gasteiger partial charge in [-0.15, -0.1) is 0 Å². The van der Waals surface area contributed by atoms with Gasteiger partial charge in [0.2, 0.25) is 0 Å². The molecule has 0 aliphatic carbocycles. The molecule has 0 amide bonds. The number of rotatable bonds is 2. The molecule has 0 bridgehead atoms. The lowest BCUT2D eigenvalue weighted by molar-refractivity contribution is 0.139. The third kappa shape index (κ3) is 2.65. The Morgan fingerprint density at radius 2 is 1.83 bits per heavy atom. The van der Waals surface area contributed by atoms with Gasteiger partial charge >= 0.3 is 0 Å². The van der Waals surface area contributed by atoms with Crippen LogP contribution in [0.1, 0.15) is 19.4 Å². The first-order valence-electron chi connectivity index (χ1n) is 6.26. The zero-order chi connectivity index (χ0) is 13.3. The van der Waals surface area contributed by atoms with Crippen molar-refractivity contribution < 1.29 is 0 Å². The van der Waals surface area contributed by atoms with Crippen LogP contribution in [0, 0.1) is 0 Å². The van der Waals surface area contributed by atoms with Crippen LogP contribution in [-0.2, 0) is 0 Å². The molecule has 1 fully saturated rings. The third-order valence-corrected chi connectivity index (χ3v) is 4.07. The van der Waals surface area contributed by atoms with Crippen molar-refractivity contribution in [3.8, 4) is 0 Å². The summed E-state index contributed by atoms with van der Waals surface area (Å²) in [4.78, 5) is 5.29. The smallest absolute Gasteiger partial charge is 0.103 e. The van der Waals surface area contributed by atoms with Crippen molar-refractivity contribution in [1.82, 2.24) is 4.90 Å². The van der Waals surface area contributed by atoms with E-state index in [2.05, 4.69) is 42.8 Å². The van der Waals surface area contributed by atoms with Gasteiger partial charge in [0.25, 0.3) is 0 Å². The fourth-order valence-corrected chi connectivity index (χ4v) is 2.43. The zero-order valence-electron chi connectivity index (χ0n) is 11.3. The predicted molar refractivity (Wildman–Crippen MR) is 81.3 cm³/mol. The molecule has 0 aromatic heterocycles. The van der Waals surface area contributed by atoms with Gasteiger partial charge in [-0.3, -0.25) is 4.90 Å². The Balaban J connectivity index is 2.15. The fraction of sp³-hybridized carbons (Fsp3) is 0.500. The van der Waals surface area contributed by atoms with Crippen molar-refractivity contribution in [1.29, 1.82) is 0 Å². The summed E-state index contributed by atoms with van der Waals surface area (Å²) < 4.78 is 0. The van der Waals surface area contributed by atoms with Gasteiger partial charge in [-0.05, 0) is 45.2 Å². The normalized spacial score (nSPS) is 19.8. The van der Waals surface area contributed by atoms with Crippen molar-refractivity contribution >= 4 is 22.9 Å². The molecule has 4 heteroatoms. The van der Waals surface area contributed by atoms with Crippen LogP contribution in [-0.4, -0.2) is 42.1 Å². The molecule has 2 N–H and O–H groups in total. The fourth-order valence-electron chi connectivity index (χ4n) is 2.30. The van der Waals surface area contributed by atoms with Crippen LogP contribution in [0.2, 0.25) is 0 Å². The van der Waals surface area contributed by atoms with Gasteiger partial charge in [-0.25, -0.2) is 0 Å². The molecule has 1 saturated heterocycles. The second-order valence-corrected chi connectivity index (χ2v) is 6.01. The highest BCUT2D eigenvalue weighted by Gasteiger charge is 2.30. The molecule has 1 aromatic rings. The quantitative estimate of drug-likeness (QED) is 0.826. The Morgan fingerprint density at radius 1 is 1.22 bits per heavy atom. The van der Waals surface area contributed by atoms with Crippen molar-refractivity contribution in [2.75, 3.05) is 31.6 Å². The van der Waals surface area contributed by atoms with Crippen LogP contribution in [0.5, 0.6) is 0 Å². The summed E-state index contributed by atoms with van der Waals surface area (Å²) in [5.41, 5.74) is 8.00. The Bertz CT molecular complexity index is 439. The van der Waals surface area contributed by atoms with Crippen molar-refractivity contribution in [3.63, 3.8) is 0 Å². The number of benzene rings is 1. The van der Waals surface area contributed by atoms with E-state index < -0.39 is 0 Å². The monoisotopic (exact) mass is 263 g/mol. The summed E-state index contributed by atoms with van der Waals surface area (Å²) in [5.74, 6) is 0. The van der Waals surface area contributed by atoms with Gasteiger partial charge in [-0.1, -0.05) is 12.2 Å².